The van der Waals surface area contributed by atoms with Crippen LogP contribution in [0.4, 0.5) is 24.8 Å². The van der Waals surface area contributed by atoms with Gasteiger partial charge in [-0.25, -0.2) is 4.79 Å². The Morgan fingerprint density at radius 1 is 1.28 bits per heavy atom. The van der Waals surface area contributed by atoms with E-state index in [0.717, 1.165) is 30.5 Å². The number of carboxylic acid groups (broad SMARTS) is 1. The second-order valence-corrected chi connectivity index (χ2v) is 7.13. The number of methoxy groups -OCH3 is 1. The lowest BCUT2D eigenvalue weighted by Crippen LogP contribution is -2.32. The van der Waals surface area contributed by atoms with E-state index in [1.165, 1.54) is 25.3 Å². The Balaban J connectivity index is 1.63. The third-order valence-corrected chi connectivity index (χ3v) is 4.72. The van der Waals surface area contributed by atoms with E-state index in [-0.39, 0.29) is 11.8 Å². The van der Waals surface area contributed by atoms with Gasteiger partial charge in [-0.05, 0) is 42.5 Å². The van der Waals surface area contributed by atoms with Crippen molar-refractivity contribution in [3.63, 3.8) is 0 Å². The first kappa shape index (κ1) is 23.2. The summed E-state index contributed by atoms with van der Waals surface area (Å²) in [6.07, 6.45) is -1.41. The van der Waals surface area contributed by atoms with Gasteiger partial charge in [0.15, 0.2) is 0 Å². The minimum Gasteiger partial charge on any atom is -0.478 e. The van der Waals surface area contributed by atoms with E-state index < -0.39 is 12.3 Å². The third-order valence-electron chi connectivity index (χ3n) is 4.72. The highest BCUT2D eigenvalue weighted by Gasteiger charge is 2.30. The number of ether oxygens (including phenoxy) is 2. The predicted octanol–water partition coefficient (Wildman–Crippen LogP) is 3.65. The number of piperidine rings is 1. The number of nitrogens with one attached hydrogen (secondary N) is 1. The molecule has 2 N–H and O–H groups in total. The Morgan fingerprint density at radius 3 is 2.69 bits per heavy atom. The smallest absolute Gasteiger partial charge is 0.478 e. The quantitative estimate of drug-likeness (QED) is 0.586. The minimum absolute atomic E-state index is 0.174. The van der Waals surface area contributed by atoms with Crippen LogP contribution in [0.1, 0.15) is 18.4 Å². The van der Waals surface area contributed by atoms with Crippen LogP contribution in [0.2, 0.25) is 0 Å². The molecule has 11 heteroatoms. The Labute approximate surface area is 182 Å². The topological polar surface area (TPSA) is 96.8 Å². The average Bonchev–Trinajstić information content (AvgIpc) is 2.73. The summed E-state index contributed by atoms with van der Waals surface area (Å²) in [6.45, 7) is 1.66. The molecule has 1 aromatic carbocycles. The van der Waals surface area contributed by atoms with E-state index in [4.69, 9.17) is 9.84 Å². The third kappa shape index (κ3) is 7.03. The van der Waals surface area contributed by atoms with Gasteiger partial charge in [-0.2, -0.15) is 9.97 Å². The van der Waals surface area contributed by atoms with Gasteiger partial charge < -0.3 is 24.8 Å². The average molecular weight is 452 g/mol. The van der Waals surface area contributed by atoms with E-state index in [1.54, 1.807) is 18.2 Å². The van der Waals surface area contributed by atoms with Crippen molar-refractivity contribution in [2.75, 3.05) is 37.0 Å². The van der Waals surface area contributed by atoms with Crippen LogP contribution in [0, 0.1) is 0 Å². The zero-order valence-electron chi connectivity index (χ0n) is 17.4. The lowest BCUT2D eigenvalue weighted by atomic mass is 10.0. The molecule has 1 aliphatic heterocycles. The fourth-order valence-electron chi connectivity index (χ4n) is 3.34. The molecule has 1 aromatic heterocycles. The first-order valence-electron chi connectivity index (χ1n) is 9.91. The van der Waals surface area contributed by atoms with Gasteiger partial charge >= 0.3 is 18.3 Å². The van der Waals surface area contributed by atoms with Gasteiger partial charge in [0.25, 0.3) is 0 Å². The normalized spacial score (nSPS) is 15.5. The van der Waals surface area contributed by atoms with Crippen molar-refractivity contribution in [1.29, 1.82) is 0 Å². The van der Waals surface area contributed by atoms with E-state index in [2.05, 4.69) is 20.0 Å². The largest absolute Gasteiger partial charge is 0.573 e. The van der Waals surface area contributed by atoms with E-state index in [0.29, 0.717) is 31.1 Å². The number of anilines is 2. The SMILES string of the molecule is COc1nc(NCCc2ccc(OC(F)(F)F)cc2)cc(N2CCC/C(=C\C(=O)O)C2)n1. The highest BCUT2D eigenvalue weighted by molar-refractivity contribution is 5.81. The zero-order valence-corrected chi connectivity index (χ0v) is 17.4. The molecule has 172 valence electrons. The number of hydrogen-bond donors (Lipinski definition) is 2. The summed E-state index contributed by atoms with van der Waals surface area (Å²) in [5, 5.41) is 12.2. The van der Waals surface area contributed by atoms with Gasteiger partial charge in [-0.1, -0.05) is 12.1 Å². The van der Waals surface area contributed by atoms with Crippen LogP contribution in [0.3, 0.4) is 0 Å². The number of carboxylic acids is 1. The number of aromatic nitrogens is 2. The van der Waals surface area contributed by atoms with Crippen molar-refractivity contribution >= 4 is 17.6 Å². The second kappa shape index (κ2) is 10.2. The van der Waals surface area contributed by atoms with E-state index >= 15 is 0 Å². The van der Waals surface area contributed by atoms with Crippen molar-refractivity contribution in [3.05, 3.63) is 47.5 Å². The van der Waals surface area contributed by atoms with Gasteiger partial charge in [0.05, 0.1) is 7.11 Å². The molecular formula is C21H23F3N4O4. The summed E-state index contributed by atoms with van der Waals surface area (Å²) in [6, 6.07) is 7.61. The van der Waals surface area contributed by atoms with Gasteiger partial charge in [-0.3, -0.25) is 0 Å². The van der Waals surface area contributed by atoms with Crippen molar-refractivity contribution < 1.29 is 32.5 Å². The number of halogens is 3. The Kier molecular flexibility index (Phi) is 7.39. The summed E-state index contributed by atoms with van der Waals surface area (Å²) < 4.78 is 45.8. The molecule has 0 atom stereocenters. The maximum atomic E-state index is 12.3. The monoisotopic (exact) mass is 452 g/mol. The van der Waals surface area contributed by atoms with Crippen LogP contribution in [-0.2, 0) is 11.2 Å². The molecule has 8 nitrogen and oxygen atoms in total. The van der Waals surface area contributed by atoms with Crippen molar-refractivity contribution in [1.82, 2.24) is 9.97 Å². The van der Waals surface area contributed by atoms with Crippen molar-refractivity contribution in [3.8, 4) is 11.8 Å². The second-order valence-electron chi connectivity index (χ2n) is 7.13. The predicted molar refractivity (Wildman–Crippen MR) is 111 cm³/mol. The molecule has 0 spiro atoms. The number of nitrogens with zero attached hydrogens (tertiary/aromatic N) is 3. The number of hydrogen-bond acceptors (Lipinski definition) is 7. The summed E-state index contributed by atoms with van der Waals surface area (Å²) in [5.74, 6) is -0.0954. The Morgan fingerprint density at radius 2 is 2.03 bits per heavy atom. The number of aliphatic carboxylic acids is 1. The van der Waals surface area contributed by atoms with Crippen LogP contribution in [-0.4, -0.2) is 54.2 Å². The summed E-state index contributed by atoms with van der Waals surface area (Å²) in [5.41, 5.74) is 1.64. The molecular weight excluding hydrogens is 429 g/mol. The van der Waals surface area contributed by atoms with Crippen LogP contribution in [0.15, 0.2) is 42.0 Å². The van der Waals surface area contributed by atoms with E-state index in [1.807, 2.05) is 4.90 Å². The van der Waals surface area contributed by atoms with Crippen molar-refractivity contribution in [2.24, 2.45) is 0 Å². The summed E-state index contributed by atoms with van der Waals surface area (Å²) >= 11 is 0. The van der Waals surface area contributed by atoms with Crippen LogP contribution < -0.4 is 19.7 Å². The summed E-state index contributed by atoms with van der Waals surface area (Å²) in [4.78, 5) is 21.6. The lowest BCUT2D eigenvalue weighted by Gasteiger charge is -2.29. The standard InChI is InChI=1S/C21H23F3N4O4/c1-31-20-26-17(12-18(27-20)28-10-2-3-15(13-28)11-19(29)30)25-9-8-14-4-6-16(7-5-14)32-21(22,23)24/h4-7,11-12H,2-3,8-10,13H2,1H3,(H,29,30)(H,25,26,27)/b15-11+. The maximum absolute atomic E-state index is 12.3. The van der Waals surface area contributed by atoms with E-state index in [9.17, 15) is 18.0 Å². The van der Waals surface area contributed by atoms with Gasteiger partial charge in [-0.15, -0.1) is 13.2 Å². The Bertz CT molecular complexity index is 965. The highest BCUT2D eigenvalue weighted by Crippen LogP contribution is 2.25. The molecule has 0 amide bonds. The summed E-state index contributed by atoms with van der Waals surface area (Å²) in [7, 11) is 1.46. The van der Waals surface area contributed by atoms with Gasteiger partial charge in [0.2, 0.25) is 0 Å². The lowest BCUT2D eigenvalue weighted by molar-refractivity contribution is -0.274. The first-order chi connectivity index (χ1) is 15.2. The molecule has 1 fully saturated rings. The molecule has 1 aliphatic rings. The highest BCUT2D eigenvalue weighted by atomic mass is 19.4. The molecule has 0 bridgehead atoms. The fraction of sp³-hybridized carbons (Fsp3) is 0.381. The number of carbonyl (C=O) groups is 1. The molecule has 2 heterocycles. The number of alkyl halides is 3. The first-order valence-corrected chi connectivity index (χ1v) is 9.91. The molecule has 1 saturated heterocycles. The molecule has 0 aliphatic carbocycles. The number of rotatable bonds is 8. The molecule has 32 heavy (non-hydrogen) atoms. The van der Waals surface area contributed by atoms with Gasteiger partial charge in [0, 0.05) is 31.8 Å². The van der Waals surface area contributed by atoms with Gasteiger partial charge in [0.1, 0.15) is 17.4 Å². The molecule has 0 saturated carbocycles. The number of benzene rings is 1. The fourth-order valence-corrected chi connectivity index (χ4v) is 3.34. The van der Waals surface area contributed by atoms with Crippen LogP contribution in [0.5, 0.6) is 11.8 Å². The van der Waals surface area contributed by atoms with Crippen molar-refractivity contribution in [2.45, 2.75) is 25.6 Å². The molecule has 0 unspecified atom stereocenters. The maximum Gasteiger partial charge on any atom is 0.573 e. The molecule has 0 radical (unpaired) electrons. The van der Waals surface area contributed by atoms with Crippen LogP contribution >= 0.6 is 0 Å². The minimum atomic E-state index is -4.72. The molecule has 3 rings (SSSR count). The van der Waals surface area contributed by atoms with Crippen LogP contribution in [0.25, 0.3) is 0 Å². The molecule has 2 aromatic rings. The zero-order chi connectivity index (χ0) is 23.1. The Hall–Kier alpha value is -3.50.